The Morgan fingerprint density at radius 3 is 2.56 bits per heavy atom. The Morgan fingerprint density at radius 1 is 1.00 bits per heavy atom. The number of anilines is 1. The van der Waals surface area contributed by atoms with E-state index in [1.807, 2.05) is 0 Å². The lowest BCUT2D eigenvalue weighted by Gasteiger charge is -2.00. The number of rotatable bonds is 0. The van der Waals surface area contributed by atoms with Crippen molar-refractivity contribution in [3.8, 4) is 21.7 Å². The molecule has 3 heteroatoms. The molecule has 3 aromatic rings. The van der Waals surface area contributed by atoms with Crippen LogP contribution >= 0.6 is 11.3 Å². The van der Waals surface area contributed by atoms with Crippen LogP contribution in [0.15, 0.2) is 36.4 Å². The van der Waals surface area contributed by atoms with Gasteiger partial charge >= 0.3 is 0 Å². The minimum Gasteiger partial charge on any atom is -0.375 e. The molecule has 1 aliphatic rings. The highest BCUT2D eigenvalue weighted by Crippen LogP contribution is 2.49. The zero-order chi connectivity index (χ0) is 10.7. The number of benzene rings is 2. The van der Waals surface area contributed by atoms with Gasteiger partial charge in [0.05, 0.1) is 10.6 Å². The maximum absolute atomic E-state index is 5.78. The normalized spacial score (nSPS) is 12.0. The molecule has 0 aliphatic heterocycles. The average molecular weight is 224 g/mol. The molecule has 0 saturated carbocycles. The summed E-state index contributed by atoms with van der Waals surface area (Å²) in [6.45, 7) is 0. The zero-order valence-electron chi connectivity index (χ0n) is 8.40. The van der Waals surface area contributed by atoms with Gasteiger partial charge in [-0.2, -0.15) is 0 Å². The summed E-state index contributed by atoms with van der Waals surface area (Å²) in [5.41, 5.74) is 9.33. The lowest BCUT2D eigenvalue weighted by molar-refractivity contribution is 1.43. The zero-order valence-corrected chi connectivity index (χ0v) is 9.21. The quantitative estimate of drug-likeness (QED) is 0.496. The van der Waals surface area contributed by atoms with Crippen molar-refractivity contribution in [1.29, 1.82) is 0 Å². The molecule has 0 atom stereocenters. The summed E-state index contributed by atoms with van der Waals surface area (Å²) < 4.78 is 0. The topological polar surface area (TPSA) is 38.9 Å². The molecule has 0 bridgehead atoms. The maximum Gasteiger partial charge on any atom is 0.181 e. The fourth-order valence-electron chi connectivity index (χ4n) is 2.43. The van der Waals surface area contributed by atoms with E-state index in [2.05, 4.69) is 41.4 Å². The Bertz CT molecular complexity index is 672. The third-order valence-corrected chi connectivity index (χ3v) is 3.97. The summed E-state index contributed by atoms with van der Waals surface area (Å²) in [5.74, 6) is 0. The molecule has 2 N–H and O–H groups in total. The monoisotopic (exact) mass is 224 g/mol. The Morgan fingerprint density at radius 2 is 1.75 bits per heavy atom. The van der Waals surface area contributed by atoms with E-state index in [0.29, 0.717) is 5.13 Å². The first-order valence-corrected chi connectivity index (χ1v) is 5.95. The highest BCUT2D eigenvalue weighted by molar-refractivity contribution is 7.19. The molecule has 0 radical (unpaired) electrons. The van der Waals surface area contributed by atoms with Crippen LogP contribution in [0.25, 0.3) is 32.5 Å². The number of nitrogens with zero attached hydrogens (tertiary/aromatic N) is 1. The second kappa shape index (κ2) is 2.62. The Balaban J connectivity index is 2.28. The van der Waals surface area contributed by atoms with Gasteiger partial charge in [-0.1, -0.05) is 47.7 Å². The highest BCUT2D eigenvalue weighted by atomic mass is 32.1. The first-order chi connectivity index (χ1) is 7.84. The van der Waals surface area contributed by atoms with Crippen LogP contribution in [0.5, 0.6) is 0 Å². The molecule has 4 rings (SSSR count). The molecule has 1 aromatic heterocycles. The van der Waals surface area contributed by atoms with Crippen molar-refractivity contribution in [3.05, 3.63) is 36.4 Å². The SMILES string of the molecule is Nc1nc2c(s1)-c1cccc3cccc-2c13. The summed E-state index contributed by atoms with van der Waals surface area (Å²) in [7, 11) is 0. The summed E-state index contributed by atoms with van der Waals surface area (Å²) in [4.78, 5) is 5.64. The van der Waals surface area contributed by atoms with Gasteiger partial charge in [0.15, 0.2) is 5.13 Å². The van der Waals surface area contributed by atoms with E-state index in [0.717, 1.165) is 5.69 Å². The van der Waals surface area contributed by atoms with E-state index in [1.165, 1.54) is 26.8 Å². The van der Waals surface area contributed by atoms with Crippen molar-refractivity contribution >= 4 is 27.2 Å². The number of nitrogens with two attached hydrogens (primary N) is 1. The van der Waals surface area contributed by atoms with Crippen molar-refractivity contribution in [2.24, 2.45) is 0 Å². The molecule has 16 heavy (non-hydrogen) atoms. The molecule has 0 unspecified atom stereocenters. The Labute approximate surface area is 96.4 Å². The predicted molar refractivity (Wildman–Crippen MR) is 68.5 cm³/mol. The Hall–Kier alpha value is -1.87. The van der Waals surface area contributed by atoms with Crippen molar-refractivity contribution < 1.29 is 0 Å². The number of nitrogen functional groups attached to an aromatic ring is 1. The highest BCUT2D eigenvalue weighted by Gasteiger charge is 2.24. The molecule has 0 saturated heterocycles. The van der Waals surface area contributed by atoms with Gasteiger partial charge in [-0.15, -0.1) is 0 Å². The first-order valence-electron chi connectivity index (χ1n) is 5.13. The summed E-state index contributed by atoms with van der Waals surface area (Å²) in [6, 6.07) is 12.7. The van der Waals surface area contributed by atoms with Gasteiger partial charge in [0.25, 0.3) is 0 Å². The standard InChI is InChI=1S/C13H8N2S/c14-13-15-11-8-5-1-3-7-4-2-6-9(10(7)8)12(11)16-13/h1-6H,(H2,14,15). The first kappa shape index (κ1) is 8.30. The molecule has 76 valence electrons. The van der Waals surface area contributed by atoms with Gasteiger partial charge < -0.3 is 5.73 Å². The maximum atomic E-state index is 5.78. The summed E-state index contributed by atoms with van der Waals surface area (Å²) in [6.07, 6.45) is 0. The molecule has 1 heterocycles. The van der Waals surface area contributed by atoms with Crippen LogP contribution in [-0.2, 0) is 0 Å². The van der Waals surface area contributed by atoms with E-state index in [-0.39, 0.29) is 0 Å². The van der Waals surface area contributed by atoms with Crippen LogP contribution in [0.3, 0.4) is 0 Å². The van der Waals surface area contributed by atoms with Crippen LogP contribution in [0.1, 0.15) is 0 Å². The summed E-state index contributed by atoms with van der Waals surface area (Å²) >= 11 is 1.57. The second-order valence-corrected chi connectivity index (χ2v) is 4.97. The number of aromatic nitrogens is 1. The van der Waals surface area contributed by atoms with Crippen molar-refractivity contribution in [3.63, 3.8) is 0 Å². The van der Waals surface area contributed by atoms with Gasteiger partial charge in [0, 0.05) is 11.1 Å². The molecule has 0 spiro atoms. The minimum atomic E-state index is 0.650. The van der Waals surface area contributed by atoms with Crippen LogP contribution in [0, 0.1) is 0 Å². The third-order valence-electron chi connectivity index (χ3n) is 3.05. The largest absolute Gasteiger partial charge is 0.375 e. The smallest absolute Gasteiger partial charge is 0.181 e. The molecule has 2 aromatic carbocycles. The average Bonchev–Trinajstić information content (AvgIpc) is 2.80. The molecule has 0 amide bonds. The van der Waals surface area contributed by atoms with E-state index in [9.17, 15) is 0 Å². The lowest BCUT2D eigenvalue weighted by atomic mass is 10.0. The summed E-state index contributed by atoms with van der Waals surface area (Å²) in [5, 5.41) is 3.24. The van der Waals surface area contributed by atoms with Gasteiger partial charge in [-0.05, 0) is 10.8 Å². The van der Waals surface area contributed by atoms with E-state index >= 15 is 0 Å². The van der Waals surface area contributed by atoms with Crippen LogP contribution in [0.4, 0.5) is 5.13 Å². The van der Waals surface area contributed by atoms with E-state index in [1.54, 1.807) is 11.3 Å². The van der Waals surface area contributed by atoms with E-state index < -0.39 is 0 Å². The molecule has 2 nitrogen and oxygen atoms in total. The fraction of sp³-hybridized carbons (Fsp3) is 0. The fourth-order valence-corrected chi connectivity index (χ4v) is 3.31. The van der Waals surface area contributed by atoms with Gasteiger partial charge in [0.2, 0.25) is 0 Å². The predicted octanol–water partition coefficient (Wildman–Crippen LogP) is 3.53. The molecule has 1 aliphatic carbocycles. The molecular formula is C13H8N2S. The van der Waals surface area contributed by atoms with Gasteiger partial charge in [-0.3, -0.25) is 0 Å². The number of thiazole rings is 1. The second-order valence-electron chi connectivity index (χ2n) is 3.94. The van der Waals surface area contributed by atoms with Crippen LogP contribution in [0.2, 0.25) is 0 Å². The van der Waals surface area contributed by atoms with Gasteiger partial charge in [-0.25, -0.2) is 4.98 Å². The Kier molecular flexibility index (Phi) is 1.36. The van der Waals surface area contributed by atoms with E-state index in [4.69, 9.17) is 5.73 Å². The number of hydrogen-bond donors (Lipinski definition) is 1. The number of fused-ring (bicyclic) bond motifs is 3. The van der Waals surface area contributed by atoms with Crippen molar-refractivity contribution in [1.82, 2.24) is 4.98 Å². The van der Waals surface area contributed by atoms with Crippen molar-refractivity contribution in [2.45, 2.75) is 0 Å². The number of hydrogen-bond acceptors (Lipinski definition) is 3. The molecular weight excluding hydrogens is 216 g/mol. The lowest BCUT2D eigenvalue weighted by Crippen LogP contribution is -1.82. The van der Waals surface area contributed by atoms with Crippen molar-refractivity contribution in [2.75, 3.05) is 5.73 Å². The third kappa shape index (κ3) is 0.847. The molecule has 0 fully saturated rings. The van der Waals surface area contributed by atoms with Gasteiger partial charge in [0.1, 0.15) is 0 Å². The minimum absolute atomic E-state index is 0.650. The van der Waals surface area contributed by atoms with Crippen LogP contribution < -0.4 is 5.73 Å². The van der Waals surface area contributed by atoms with Crippen LogP contribution in [-0.4, -0.2) is 4.98 Å².